The predicted molar refractivity (Wildman–Crippen MR) is 69.2 cm³/mol. The van der Waals surface area contributed by atoms with Crippen LogP contribution in [-0.2, 0) is 4.74 Å². The van der Waals surface area contributed by atoms with Crippen molar-refractivity contribution in [1.29, 1.82) is 0 Å². The normalized spacial score (nSPS) is 10.3. The molecular formula is C14H15NO4. The number of nitrogens with zero attached hydrogens (tertiary/aromatic N) is 1. The van der Waals surface area contributed by atoms with Gasteiger partial charge in [-0.2, -0.15) is 0 Å². The molecule has 100 valence electrons. The summed E-state index contributed by atoms with van der Waals surface area (Å²) < 4.78 is 15.3. The number of benzene rings is 1. The molecule has 0 amide bonds. The van der Waals surface area contributed by atoms with E-state index >= 15 is 0 Å². The lowest BCUT2D eigenvalue weighted by Gasteiger charge is -2.04. The second-order valence-corrected chi connectivity index (χ2v) is 3.91. The van der Waals surface area contributed by atoms with Crippen LogP contribution in [0.2, 0.25) is 0 Å². The Labute approximate surface area is 111 Å². The van der Waals surface area contributed by atoms with Crippen molar-refractivity contribution < 1.29 is 18.8 Å². The number of carbonyl (C=O) groups excluding carboxylic acids is 1. The zero-order valence-electron chi connectivity index (χ0n) is 11.1. The Morgan fingerprint density at radius 2 is 2.21 bits per heavy atom. The first-order valence-electron chi connectivity index (χ1n) is 5.95. The number of ether oxygens (including phenoxy) is 2. The molecule has 0 bridgehead atoms. The zero-order valence-corrected chi connectivity index (χ0v) is 11.1. The largest absolute Gasteiger partial charge is 0.497 e. The molecule has 19 heavy (non-hydrogen) atoms. The predicted octanol–water partition coefficient (Wildman–Crippen LogP) is 2.84. The van der Waals surface area contributed by atoms with Gasteiger partial charge in [0.1, 0.15) is 22.8 Å². The van der Waals surface area contributed by atoms with Crippen LogP contribution in [0, 0.1) is 6.92 Å². The van der Waals surface area contributed by atoms with E-state index in [0.29, 0.717) is 29.4 Å². The Morgan fingerprint density at radius 1 is 1.42 bits per heavy atom. The van der Waals surface area contributed by atoms with E-state index in [-0.39, 0.29) is 0 Å². The van der Waals surface area contributed by atoms with E-state index in [1.165, 1.54) is 0 Å². The second kappa shape index (κ2) is 5.56. The lowest BCUT2D eigenvalue weighted by Crippen LogP contribution is -2.06. The second-order valence-electron chi connectivity index (χ2n) is 3.91. The van der Waals surface area contributed by atoms with Crippen molar-refractivity contribution in [3.8, 4) is 17.0 Å². The Morgan fingerprint density at radius 3 is 2.89 bits per heavy atom. The van der Waals surface area contributed by atoms with Gasteiger partial charge in [0.25, 0.3) is 0 Å². The fraction of sp³-hybridized carbons (Fsp3) is 0.286. The van der Waals surface area contributed by atoms with Gasteiger partial charge in [-0.15, -0.1) is 0 Å². The van der Waals surface area contributed by atoms with E-state index in [9.17, 15) is 4.79 Å². The molecule has 0 atom stereocenters. The number of rotatable bonds is 4. The third kappa shape index (κ3) is 2.59. The van der Waals surface area contributed by atoms with Crippen LogP contribution < -0.4 is 4.74 Å². The van der Waals surface area contributed by atoms with Crippen LogP contribution in [0.3, 0.4) is 0 Å². The molecule has 0 N–H and O–H groups in total. The van der Waals surface area contributed by atoms with Gasteiger partial charge in [-0.25, -0.2) is 4.79 Å². The fourth-order valence-electron chi connectivity index (χ4n) is 1.78. The number of aryl methyl sites for hydroxylation is 1. The highest BCUT2D eigenvalue weighted by molar-refractivity contribution is 5.97. The number of aromatic nitrogens is 1. The molecule has 0 aliphatic carbocycles. The topological polar surface area (TPSA) is 61.6 Å². The molecule has 0 spiro atoms. The molecule has 0 unspecified atom stereocenters. The summed E-state index contributed by atoms with van der Waals surface area (Å²) in [5, 5.41) is 3.93. The van der Waals surface area contributed by atoms with E-state index in [1.807, 2.05) is 18.2 Å². The molecule has 5 heteroatoms. The van der Waals surface area contributed by atoms with Gasteiger partial charge in [0.2, 0.25) is 0 Å². The van der Waals surface area contributed by atoms with Gasteiger partial charge >= 0.3 is 5.97 Å². The molecule has 1 aromatic heterocycles. The molecule has 0 aliphatic rings. The van der Waals surface area contributed by atoms with Crippen molar-refractivity contribution in [3.63, 3.8) is 0 Å². The van der Waals surface area contributed by atoms with Gasteiger partial charge in [0.15, 0.2) is 0 Å². The highest BCUT2D eigenvalue weighted by Crippen LogP contribution is 2.28. The zero-order chi connectivity index (χ0) is 13.8. The summed E-state index contributed by atoms with van der Waals surface area (Å²) in [5.74, 6) is 0.698. The summed E-state index contributed by atoms with van der Waals surface area (Å²) in [4.78, 5) is 11.9. The third-order valence-electron chi connectivity index (χ3n) is 2.69. The van der Waals surface area contributed by atoms with E-state index in [1.54, 1.807) is 27.0 Å². The molecular weight excluding hydrogens is 246 g/mol. The van der Waals surface area contributed by atoms with Gasteiger partial charge in [-0.05, 0) is 26.0 Å². The van der Waals surface area contributed by atoms with Crippen molar-refractivity contribution in [2.24, 2.45) is 0 Å². The van der Waals surface area contributed by atoms with Gasteiger partial charge in [0, 0.05) is 5.56 Å². The maximum Gasteiger partial charge on any atom is 0.344 e. The van der Waals surface area contributed by atoms with Gasteiger partial charge < -0.3 is 14.0 Å². The highest BCUT2D eigenvalue weighted by Gasteiger charge is 2.22. The van der Waals surface area contributed by atoms with E-state index in [0.717, 1.165) is 5.56 Å². The monoisotopic (exact) mass is 261 g/mol. The average molecular weight is 261 g/mol. The first-order chi connectivity index (χ1) is 9.17. The van der Waals surface area contributed by atoms with Gasteiger partial charge in [-0.3, -0.25) is 0 Å². The number of hydrogen-bond donors (Lipinski definition) is 0. The number of carbonyl (C=O) groups is 1. The average Bonchev–Trinajstić information content (AvgIpc) is 2.81. The molecule has 2 aromatic rings. The maximum absolute atomic E-state index is 11.9. The molecule has 0 saturated carbocycles. The summed E-state index contributed by atoms with van der Waals surface area (Å²) in [6, 6.07) is 7.27. The smallest absolute Gasteiger partial charge is 0.344 e. The summed E-state index contributed by atoms with van der Waals surface area (Å²) >= 11 is 0. The maximum atomic E-state index is 11.9. The van der Waals surface area contributed by atoms with Crippen LogP contribution in [0.25, 0.3) is 11.3 Å². The van der Waals surface area contributed by atoms with Gasteiger partial charge in [-0.1, -0.05) is 17.3 Å². The van der Waals surface area contributed by atoms with Crippen molar-refractivity contribution in [1.82, 2.24) is 5.16 Å². The Kier molecular flexibility index (Phi) is 3.85. The first-order valence-corrected chi connectivity index (χ1v) is 5.95. The fourth-order valence-corrected chi connectivity index (χ4v) is 1.78. The van der Waals surface area contributed by atoms with Crippen molar-refractivity contribution >= 4 is 5.97 Å². The van der Waals surface area contributed by atoms with Crippen LogP contribution in [0.15, 0.2) is 28.8 Å². The van der Waals surface area contributed by atoms with Crippen LogP contribution in [0.5, 0.6) is 5.75 Å². The summed E-state index contributed by atoms with van der Waals surface area (Å²) in [6.07, 6.45) is 0. The summed E-state index contributed by atoms with van der Waals surface area (Å²) in [5.41, 5.74) is 1.57. The van der Waals surface area contributed by atoms with Crippen LogP contribution in [0.1, 0.15) is 23.0 Å². The minimum Gasteiger partial charge on any atom is -0.497 e. The van der Waals surface area contributed by atoms with Crippen molar-refractivity contribution in [3.05, 3.63) is 35.6 Å². The third-order valence-corrected chi connectivity index (χ3v) is 2.69. The molecule has 5 nitrogen and oxygen atoms in total. The molecule has 0 aliphatic heterocycles. The first kappa shape index (κ1) is 13.1. The van der Waals surface area contributed by atoms with Crippen LogP contribution in [0.4, 0.5) is 0 Å². The quantitative estimate of drug-likeness (QED) is 0.792. The van der Waals surface area contributed by atoms with Crippen LogP contribution in [-0.4, -0.2) is 24.8 Å². The van der Waals surface area contributed by atoms with Crippen molar-refractivity contribution in [2.75, 3.05) is 13.7 Å². The van der Waals surface area contributed by atoms with Crippen molar-refractivity contribution in [2.45, 2.75) is 13.8 Å². The lowest BCUT2D eigenvalue weighted by molar-refractivity contribution is 0.0525. The molecule has 0 saturated heterocycles. The lowest BCUT2D eigenvalue weighted by atomic mass is 10.1. The van der Waals surface area contributed by atoms with Gasteiger partial charge in [0.05, 0.1) is 13.7 Å². The molecule has 0 radical (unpaired) electrons. The van der Waals surface area contributed by atoms with E-state index in [2.05, 4.69) is 5.16 Å². The Bertz CT molecular complexity index is 589. The highest BCUT2D eigenvalue weighted by atomic mass is 16.5. The number of esters is 1. The minimum atomic E-state index is -0.431. The Hall–Kier alpha value is -2.30. The molecule has 1 aromatic carbocycles. The summed E-state index contributed by atoms with van der Waals surface area (Å²) in [6.45, 7) is 3.75. The molecule has 1 heterocycles. The number of hydrogen-bond acceptors (Lipinski definition) is 5. The SMILES string of the molecule is CCOC(=O)c1c(-c2cccc(OC)c2)noc1C. The molecule has 0 fully saturated rings. The van der Waals surface area contributed by atoms with E-state index < -0.39 is 5.97 Å². The number of methoxy groups -OCH3 is 1. The minimum absolute atomic E-state index is 0.307. The van der Waals surface area contributed by atoms with Crippen LogP contribution >= 0.6 is 0 Å². The standard InChI is InChI=1S/C14H15NO4/c1-4-18-14(16)12-9(2)19-15-13(12)10-6-5-7-11(8-10)17-3/h5-8H,4H2,1-3H3. The Balaban J connectivity index is 2.47. The summed E-state index contributed by atoms with van der Waals surface area (Å²) in [7, 11) is 1.58. The molecule has 2 rings (SSSR count). The van der Waals surface area contributed by atoms with E-state index in [4.69, 9.17) is 14.0 Å².